The fourth-order valence-corrected chi connectivity index (χ4v) is 4.51. The van der Waals surface area contributed by atoms with E-state index in [0.717, 1.165) is 18.3 Å². The van der Waals surface area contributed by atoms with Crippen LogP contribution in [0.1, 0.15) is 64.2 Å². The van der Waals surface area contributed by atoms with Gasteiger partial charge in [-0.05, 0) is 6.42 Å². The van der Waals surface area contributed by atoms with E-state index in [1.165, 1.54) is 43.9 Å². The van der Waals surface area contributed by atoms with E-state index < -0.39 is 0 Å². The number of hydrogen-bond acceptors (Lipinski definition) is 0. The van der Waals surface area contributed by atoms with Crippen LogP contribution in [0.4, 0.5) is 0 Å². The molecule has 0 saturated carbocycles. The normalized spacial score (nSPS) is 29.4. The summed E-state index contributed by atoms with van der Waals surface area (Å²) in [4.78, 5) is 0. The van der Waals surface area contributed by atoms with Crippen LogP contribution < -0.4 is 0 Å². The van der Waals surface area contributed by atoms with Gasteiger partial charge in [-0.25, -0.2) is 0 Å². The zero-order chi connectivity index (χ0) is 11.2. The van der Waals surface area contributed by atoms with Crippen LogP contribution in [-0.2, 0) is 0 Å². The zero-order valence-corrected chi connectivity index (χ0v) is 12.2. The van der Waals surface area contributed by atoms with Crippen LogP contribution in [0, 0.1) is 0 Å². The van der Waals surface area contributed by atoms with Gasteiger partial charge in [0.05, 0.1) is 0 Å². The summed E-state index contributed by atoms with van der Waals surface area (Å²) in [7, 11) is 0. The molecule has 0 spiro atoms. The van der Waals surface area contributed by atoms with Crippen LogP contribution in [0.5, 0.6) is 0 Å². The highest BCUT2D eigenvalue weighted by Crippen LogP contribution is 2.48. The minimum absolute atomic E-state index is 1.13. The average molecular weight is 285 g/mol. The molecule has 0 nitrogen and oxygen atoms in total. The minimum Gasteiger partial charge on any atom is -0.0928 e. The van der Waals surface area contributed by atoms with Gasteiger partial charge < -0.3 is 0 Å². The van der Waals surface area contributed by atoms with E-state index in [4.69, 9.17) is 0 Å². The summed E-state index contributed by atoms with van der Waals surface area (Å²) < 4.78 is 0. The Morgan fingerprint density at radius 2 is 1.38 bits per heavy atom. The summed E-state index contributed by atoms with van der Waals surface area (Å²) >= 11 is 3.52. The maximum atomic E-state index is 3.52. The molecule has 0 aromatic heterocycles. The molecule has 2 saturated heterocycles. The molecule has 0 radical (unpaired) electrons. The van der Waals surface area contributed by atoms with Crippen molar-refractivity contribution in [3.8, 4) is 0 Å². The van der Waals surface area contributed by atoms with Crippen LogP contribution in [-0.4, -0.2) is 12.0 Å². The third-order valence-corrected chi connectivity index (χ3v) is 5.49. The van der Waals surface area contributed by atoms with Gasteiger partial charge in [0.25, 0.3) is 0 Å². The smallest absolute Gasteiger partial charge is 0.0928 e. The molecule has 2 heterocycles. The molecule has 0 aromatic rings. The second-order valence-corrected chi connectivity index (χ2v) is 6.73. The van der Waals surface area contributed by atoms with Gasteiger partial charge in [0.15, 0.2) is 0 Å². The molecule has 2 bridgehead atoms. The Morgan fingerprint density at radius 3 is 1.94 bits per heavy atom. The summed E-state index contributed by atoms with van der Waals surface area (Å²) in [5.41, 5.74) is 0. The summed E-state index contributed by atoms with van der Waals surface area (Å²) in [5.74, 6) is 2.26. The van der Waals surface area contributed by atoms with Crippen molar-refractivity contribution in [2.75, 3.05) is 5.33 Å². The van der Waals surface area contributed by atoms with Gasteiger partial charge in [0.2, 0.25) is 0 Å². The van der Waals surface area contributed by atoms with E-state index in [9.17, 15) is 0 Å². The molecule has 0 aromatic carbocycles. The van der Waals surface area contributed by atoms with Gasteiger partial charge in [0, 0.05) is 5.33 Å². The molecule has 0 aliphatic carbocycles. The lowest BCUT2D eigenvalue weighted by Gasteiger charge is -2.40. The van der Waals surface area contributed by atoms with Crippen LogP contribution >= 0.6 is 15.9 Å². The molecule has 92 valence electrons. The lowest BCUT2D eigenvalue weighted by molar-refractivity contribution is 0.440. The molecule has 2 rings (SSSR count). The van der Waals surface area contributed by atoms with Crippen molar-refractivity contribution in [3.63, 3.8) is 0 Å². The van der Waals surface area contributed by atoms with Crippen molar-refractivity contribution >= 4 is 22.6 Å². The van der Waals surface area contributed by atoms with Crippen molar-refractivity contribution in [2.24, 2.45) is 0 Å². The van der Waals surface area contributed by atoms with Crippen molar-refractivity contribution in [3.05, 3.63) is 0 Å². The number of halogens is 1. The Hall–Kier alpha value is 0.545. The average Bonchev–Trinajstić information content (AvgIpc) is 2.28. The Kier molecular flexibility index (Phi) is 5.75. The van der Waals surface area contributed by atoms with Gasteiger partial charge in [0.1, 0.15) is 6.71 Å². The molecule has 2 heteroatoms. The summed E-state index contributed by atoms with van der Waals surface area (Å²) in [6.07, 6.45) is 16.6. The fraction of sp³-hybridized carbons (Fsp3) is 1.00. The van der Waals surface area contributed by atoms with Gasteiger partial charge in [-0.15, -0.1) is 0 Å². The van der Waals surface area contributed by atoms with Crippen molar-refractivity contribution in [2.45, 2.75) is 82.2 Å². The molecular weight excluding hydrogens is 259 g/mol. The summed E-state index contributed by atoms with van der Waals surface area (Å²) in [6.45, 7) is 1.13. The number of alkyl halides is 1. The van der Waals surface area contributed by atoms with Gasteiger partial charge in [-0.3, -0.25) is 0 Å². The first kappa shape index (κ1) is 13.0. The molecule has 2 fully saturated rings. The van der Waals surface area contributed by atoms with Crippen LogP contribution in [0.2, 0.25) is 18.0 Å². The lowest BCUT2D eigenvalue weighted by Crippen LogP contribution is -2.34. The molecule has 0 unspecified atom stereocenters. The SMILES string of the molecule is BrCCCCCCB1C2CCCC1CCC2. The van der Waals surface area contributed by atoms with E-state index in [0.29, 0.717) is 0 Å². The molecule has 2 aliphatic heterocycles. The van der Waals surface area contributed by atoms with E-state index in [1.54, 1.807) is 32.0 Å². The summed E-state index contributed by atoms with van der Waals surface area (Å²) in [5, 5.41) is 1.20. The first-order chi connectivity index (χ1) is 7.92. The third kappa shape index (κ3) is 3.52. The highest BCUT2D eigenvalue weighted by molar-refractivity contribution is 9.09. The van der Waals surface area contributed by atoms with Crippen molar-refractivity contribution in [1.82, 2.24) is 0 Å². The second kappa shape index (κ2) is 7.08. The zero-order valence-electron chi connectivity index (χ0n) is 10.6. The number of unbranched alkanes of at least 4 members (excludes halogenated alkanes) is 3. The standard InChI is InChI=1S/C14H26BBr/c16-12-4-2-1-3-11-15-13-7-5-8-14(15)10-6-9-13/h13-14H,1-12H2. The first-order valence-corrected chi connectivity index (χ1v) is 8.60. The Bertz CT molecular complexity index is 173. The largest absolute Gasteiger partial charge is 0.146 e. The predicted molar refractivity (Wildman–Crippen MR) is 78.0 cm³/mol. The van der Waals surface area contributed by atoms with Gasteiger partial charge in [-0.2, -0.15) is 0 Å². The third-order valence-electron chi connectivity index (χ3n) is 4.93. The van der Waals surface area contributed by atoms with E-state index in [1.807, 2.05) is 0 Å². The molecule has 0 amide bonds. The van der Waals surface area contributed by atoms with E-state index in [-0.39, 0.29) is 0 Å². The number of hydrogen-bond donors (Lipinski definition) is 0. The first-order valence-electron chi connectivity index (χ1n) is 7.48. The maximum Gasteiger partial charge on any atom is 0.146 e. The van der Waals surface area contributed by atoms with Gasteiger partial charge >= 0.3 is 0 Å². The van der Waals surface area contributed by atoms with Crippen LogP contribution in [0.25, 0.3) is 0 Å². The molecule has 2 aliphatic rings. The van der Waals surface area contributed by atoms with Gasteiger partial charge in [-0.1, -0.05) is 91.7 Å². The summed E-state index contributed by atoms with van der Waals surface area (Å²) in [6, 6.07) is 0. The number of fused-ring (bicyclic) bond motifs is 2. The van der Waals surface area contributed by atoms with E-state index in [2.05, 4.69) is 15.9 Å². The lowest BCUT2D eigenvalue weighted by atomic mass is 9.26. The Labute approximate surface area is 110 Å². The molecular formula is C14H26BBr. The van der Waals surface area contributed by atoms with Crippen LogP contribution in [0.15, 0.2) is 0 Å². The maximum absolute atomic E-state index is 3.52. The Balaban J connectivity index is 1.67. The quantitative estimate of drug-likeness (QED) is 0.341. The highest BCUT2D eigenvalue weighted by atomic mass is 79.9. The Morgan fingerprint density at radius 1 is 0.812 bits per heavy atom. The highest BCUT2D eigenvalue weighted by Gasteiger charge is 2.37. The number of rotatable bonds is 6. The molecule has 0 N–H and O–H groups in total. The fourth-order valence-electron chi connectivity index (χ4n) is 4.11. The predicted octanol–water partition coefficient (Wildman–Crippen LogP) is 5.54. The van der Waals surface area contributed by atoms with E-state index >= 15 is 0 Å². The van der Waals surface area contributed by atoms with Crippen molar-refractivity contribution < 1.29 is 0 Å². The van der Waals surface area contributed by atoms with Crippen LogP contribution in [0.3, 0.4) is 0 Å². The second-order valence-electron chi connectivity index (χ2n) is 5.94. The monoisotopic (exact) mass is 284 g/mol. The molecule has 16 heavy (non-hydrogen) atoms. The minimum atomic E-state index is 1.13. The van der Waals surface area contributed by atoms with Crippen molar-refractivity contribution in [1.29, 1.82) is 0 Å². The topological polar surface area (TPSA) is 0 Å². The molecule has 0 atom stereocenters.